The normalized spacial score (nSPS) is 11.6. The quantitative estimate of drug-likeness (QED) is 0.357. The SMILES string of the molecule is C=C(C)C(=O)OCCCC(CCCC(=O)O)C(=O)O. The molecular formula is C13H20O6. The molecule has 0 saturated carbocycles. The first-order valence-electron chi connectivity index (χ1n) is 6.11. The number of carbonyl (C=O) groups excluding carboxylic acids is 1. The van der Waals surface area contributed by atoms with E-state index < -0.39 is 23.8 Å². The maximum absolute atomic E-state index is 11.1. The number of hydrogen-bond donors (Lipinski definition) is 2. The average Bonchev–Trinajstić information content (AvgIpc) is 2.30. The van der Waals surface area contributed by atoms with Gasteiger partial charge in [0.15, 0.2) is 0 Å². The van der Waals surface area contributed by atoms with Crippen LogP contribution in [0.1, 0.15) is 39.0 Å². The van der Waals surface area contributed by atoms with Gasteiger partial charge in [0.25, 0.3) is 0 Å². The molecule has 0 aromatic carbocycles. The zero-order valence-electron chi connectivity index (χ0n) is 11.1. The zero-order valence-corrected chi connectivity index (χ0v) is 11.1. The standard InChI is InChI=1S/C13H20O6/c1-9(2)13(18)19-8-4-6-10(12(16)17)5-3-7-11(14)15/h10H,1,3-8H2,2H3,(H,14,15)(H,16,17). The molecule has 19 heavy (non-hydrogen) atoms. The molecule has 1 unspecified atom stereocenters. The predicted molar refractivity (Wildman–Crippen MR) is 67.6 cm³/mol. The Balaban J connectivity index is 3.89. The molecule has 6 heteroatoms. The molecule has 0 aromatic rings. The molecular weight excluding hydrogens is 252 g/mol. The number of carboxylic acids is 2. The molecule has 0 aliphatic heterocycles. The second-order valence-corrected chi connectivity index (χ2v) is 4.38. The van der Waals surface area contributed by atoms with Gasteiger partial charge >= 0.3 is 17.9 Å². The van der Waals surface area contributed by atoms with Crippen LogP contribution in [0.5, 0.6) is 0 Å². The number of hydrogen-bond acceptors (Lipinski definition) is 4. The molecule has 0 rings (SSSR count). The third kappa shape index (κ3) is 8.82. The van der Waals surface area contributed by atoms with E-state index in [1.807, 2.05) is 0 Å². The monoisotopic (exact) mass is 272 g/mol. The summed E-state index contributed by atoms with van der Waals surface area (Å²) in [5.41, 5.74) is 0.302. The number of aliphatic carboxylic acids is 2. The molecule has 0 aliphatic carbocycles. The summed E-state index contributed by atoms with van der Waals surface area (Å²) in [6.07, 6.45) is 1.41. The van der Waals surface area contributed by atoms with Gasteiger partial charge in [-0.3, -0.25) is 9.59 Å². The Morgan fingerprint density at radius 1 is 1.16 bits per heavy atom. The van der Waals surface area contributed by atoms with Crippen molar-refractivity contribution in [2.45, 2.75) is 39.0 Å². The van der Waals surface area contributed by atoms with Gasteiger partial charge in [0.1, 0.15) is 0 Å². The topological polar surface area (TPSA) is 101 Å². The smallest absolute Gasteiger partial charge is 0.333 e. The summed E-state index contributed by atoms with van der Waals surface area (Å²) < 4.78 is 4.85. The zero-order chi connectivity index (χ0) is 14.8. The molecule has 0 amide bonds. The largest absolute Gasteiger partial charge is 0.481 e. The minimum absolute atomic E-state index is 0.0333. The third-order valence-corrected chi connectivity index (χ3v) is 2.57. The summed E-state index contributed by atoms with van der Waals surface area (Å²) in [5.74, 6) is -2.96. The molecule has 0 saturated heterocycles. The molecule has 6 nitrogen and oxygen atoms in total. The lowest BCUT2D eigenvalue weighted by Gasteiger charge is -2.11. The maximum Gasteiger partial charge on any atom is 0.333 e. The molecule has 1 atom stereocenters. The Morgan fingerprint density at radius 2 is 1.74 bits per heavy atom. The van der Waals surface area contributed by atoms with E-state index >= 15 is 0 Å². The second-order valence-electron chi connectivity index (χ2n) is 4.38. The van der Waals surface area contributed by atoms with Crippen molar-refractivity contribution in [3.63, 3.8) is 0 Å². The van der Waals surface area contributed by atoms with Gasteiger partial charge in [0, 0.05) is 12.0 Å². The van der Waals surface area contributed by atoms with Crippen LogP contribution in [0.25, 0.3) is 0 Å². The molecule has 0 aliphatic rings. The molecule has 0 fully saturated rings. The van der Waals surface area contributed by atoms with Gasteiger partial charge in [0.05, 0.1) is 12.5 Å². The second kappa shape index (κ2) is 9.13. The van der Waals surface area contributed by atoms with Crippen LogP contribution >= 0.6 is 0 Å². The molecule has 0 radical (unpaired) electrons. The Morgan fingerprint density at radius 3 is 2.21 bits per heavy atom. The molecule has 0 aromatic heterocycles. The summed E-state index contributed by atoms with van der Waals surface area (Å²) in [6.45, 7) is 5.11. The number of ether oxygens (including phenoxy) is 1. The van der Waals surface area contributed by atoms with E-state index in [1.165, 1.54) is 6.92 Å². The van der Waals surface area contributed by atoms with Crippen LogP contribution in [0.3, 0.4) is 0 Å². The lowest BCUT2D eigenvalue weighted by atomic mass is 9.97. The summed E-state index contributed by atoms with van der Waals surface area (Å²) in [4.78, 5) is 32.3. The summed E-state index contributed by atoms with van der Waals surface area (Å²) >= 11 is 0. The Hall–Kier alpha value is -1.85. The highest BCUT2D eigenvalue weighted by Crippen LogP contribution is 2.15. The van der Waals surface area contributed by atoms with Crippen molar-refractivity contribution in [1.82, 2.24) is 0 Å². The van der Waals surface area contributed by atoms with Gasteiger partial charge in [-0.15, -0.1) is 0 Å². The van der Waals surface area contributed by atoms with E-state index in [2.05, 4.69) is 6.58 Å². The highest BCUT2D eigenvalue weighted by Gasteiger charge is 2.17. The average molecular weight is 272 g/mol. The van der Waals surface area contributed by atoms with Crippen molar-refractivity contribution in [2.24, 2.45) is 5.92 Å². The molecule has 0 bridgehead atoms. The van der Waals surface area contributed by atoms with E-state index in [1.54, 1.807) is 0 Å². The van der Waals surface area contributed by atoms with Crippen LogP contribution in [0.2, 0.25) is 0 Å². The van der Waals surface area contributed by atoms with Gasteiger partial charge in [-0.1, -0.05) is 6.58 Å². The van der Waals surface area contributed by atoms with Crippen LogP contribution in [-0.2, 0) is 19.1 Å². The molecule has 0 heterocycles. The van der Waals surface area contributed by atoms with Crippen molar-refractivity contribution in [3.05, 3.63) is 12.2 Å². The van der Waals surface area contributed by atoms with Crippen molar-refractivity contribution >= 4 is 17.9 Å². The van der Waals surface area contributed by atoms with Crippen molar-refractivity contribution < 1.29 is 29.3 Å². The van der Waals surface area contributed by atoms with E-state index in [0.717, 1.165) is 0 Å². The van der Waals surface area contributed by atoms with E-state index in [9.17, 15) is 14.4 Å². The number of rotatable bonds is 10. The maximum atomic E-state index is 11.1. The minimum Gasteiger partial charge on any atom is -0.481 e. The number of carbonyl (C=O) groups is 3. The minimum atomic E-state index is -0.948. The van der Waals surface area contributed by atoms with Gasteiger partial charge in [-0.2, -0.15) is 0 Å². The highest BCUT2D eigenvalue weighted by atomic mass is 16.5. The first-order valence-corrected chi connectivity index (χ1v) is 6.11. The van der Waals surface area contributed by atoms with Crippen LogP contribution in [0.15, 0.2) is 12.2 Å². The Labute approximate surface area is 112 Å². The van der Waals surface area contributed by atoms with Gasteiger partial charge in [0.2, 0.25) is 0 Å². The fraction of sp³-hybridized carbons (Fsp3) is 0.615. The lowest BCUT2D eigenvalue weighted by molar-refractivity contribution is -0.143. The van der Waals surface area contributed by atoms with E-state index in [4.69, 9.17) is 14.9 Å². The highest BCUT2D eigenvalue weighted by molar-refractivity contribution is 5.86. The first-order chi connectivity index (χ1) is 8.84. The summed E-state index contributed by atoms with van der Waals surface area (Å²) in [7, 11) is 0. The van der Waals surface area contributed by atoms with Gasteiger partial charge < -0.3 is 14.9 Å². The van der Waals surface area contributed by atoms with Crippen LogP contribution in [-0.4, -0.2) is 34.7 Å². The predicted octanol–water partition coefficient (Wildman–Crippen LogP) is 1.84. The summed E-state index contributed by atoms with van der Waals surface area (Å²) in [5, 5.41) is 17.4. The van der Waals surface area contributed by atoms with Crippen LogP contribution in [0, 0.1) is 5.92 Å². The van der Waals surface area contributed by atoms with Crippen LogP contribution < -0.4 is 0 Å². The van der Waals surface area contributed by atoms with Crippen molar-refractivity contribution in [2.75, 3.05) is 6.61 Å². The van der Waals surface area contributed by atoms with E-state index in [-0.39, 0.29) is 13.0 Å². The molecule has 108 valence electrons. The van der Waals surface area contributed by atoms with Gasteiger partial charge in [-0.05, 0) is 32.6 Å². The molecule has 0 spiro atoms. The van der Waals surface area contributed by atoms with Crippen molar-refractivity contribution in [3.8, 4) is 0 Å². The molecule has 2 N–H and O–H groups in total. The number of carboxylic acid groups (broad SMARTS) is 2. The summed E-state index contributed by atoms with van der Waals surface area (Å²) in [6, 6.07) is 0. The van der Waals surface area contributed by atoms with E-state index in [0.29, 0.717) is 31.3 Å². The first kappa shape index (κ1) is 17.2. The Bertz CT molecular complexity index is 347. The fourth-order valence-corrected chi connectivity index (χ4v) is 1.51. The Kier molecular flexibility index (Phi) is 8.24. The van der Waals surface area contributed by atoms with Crippen molar-refractivity contribution in [1.29, 1.82) is 0 Å². The van der Waals surface area contributed by atoms with Crippen LogP contribution in [0.4, 0.5) is 0 Å². The van der Waals surface area contributed by atoms with Gasteiger partial charge in [-0.25, -0.2) is 4.79 Å². The third-order valence-electron chi connectivity index (χ3n) is 2.57. The lowest BCUT2D eigenvalue weighted by Crippen LogP contribution is -2.15. The fourth-order valence-electron chi connectivity index (χ4n) is 1.51. The number of esters is 1.